The van der Waals surface area contributed by atoms with Gasteiger partial charge < -0.3 is 0 Å². The summed E-state index contributed by atoms with van der Waals surface area (Å²) in [6.07, 6.45) is -4.37. The van der Waals surface area contributed by atoms with Crippen LogP contribution < -0.4 is 0 Å². The molecular weight excluding hydrogens is 262 g/mol. The number of pyridine rings is 1. The van der Waals surface area contributed by atoms with Crippen LogP contribution in [0.5, 0.6) is 0 Å². The number of hydrogen-bond donors (Lipinski definition) is 0. The van der Waals surface area contributed by atoms with Crippen LogP contribution in [0, 0.1) is 0 Å². The monoisotopic (exact) mass is 265 g/mol. The van der Waals surface area contributed by atoms with Gasteiger partial charge in [0.2, 0.25) is 0 Å². The summed E-state index contributed by atoms with van der Waals surface area (Å²) in [4.78, 5) is 3.86. The maximum Gasteiger partial charge on any atom is 0.416 e. The summed E-state index contributed by atoms with van der Waals surface area (Å²) >= 11 is 11.3. The van der Waals surface area contributed by atoms with Crippen molar-refractivity contribution in [1.29, 1.82) is 0 Å². The molecule has 1 nitrogen and oxygen atoms in total. The Morgan fingerprint density at radius 3 is 2.38 bits per heavy atom. The molecule has 0 aliphatic rings. The zero-order chi connectivity index (χ0) is 11.9. The quantitative estimate of drug-likeness (QED) is 0.637. The van der Waals surface area contributed by atoms with Crippen molar-refractivity contribution >= 4 is 34.1 Å². The third-order valence-corrected chi connectivity index (χ3v) is 2.73. The fourth-order valence-electron chi connectivity index (χ4n) is 1.30. The van der Waals surface area contributed by atoms with Crippen LogP contribution in [0.4, 0.5) is 13.2 Å². The van der Waals surface area contributed by atoms with E-state index in [0.29, 0.717) is 10.9 Å². The highest BCUT2D eigenvalue weighted by Crippen LogP contribution is 2.32. The number of rotatable bonds is 0. The molecule has 0 saturated heterocycles. The third-order valence-electron chi connectivity index (χ3n) is 2.05. The molecule has 16 heavy (non-hydrogen) atoms. The number of aromatic nitrogens is 1. The minimum atomic E-state index is -4.37. The van der Waals surface area contributed by atoms with Gasteiger partial charge in [0.15, 0.2) is 0 Å². The largest absolute Gasteiger partial charge is 0.416 e. The van der Waals surface area contributed by atoms with Crippen molar-refractivity contribution in [3.8, 4) is 0 Å². The van der Waals surface area contributed by atoms with E-state index in [0.717, 1.165) is 12.1 Å². The first kappa shape index (κ1) is 11.5. The molecule has 0 saturated carbocycles. The summed E-state index contributed by atoms with van der Waals surface area (Å²) in [5, 5.41) is 0.520. The van der Waals surface area contributed by atoms with Gasteiger partial charge in [-0.05, 0) is 24.3 Å². The maximum absolute atomic E-state index is 12.4. The standard InChI is InChI=1S/C10H4Cl2F3N/c11-7-4-5-3-6(10(13,14)15)1-2-8(5)16-9(7)12/h1-4H. The van der Waals surface area contributed by atoms with Crippen LogP contribution >= 0.6 is 23.2 Å². The predicted molar refractivity (Wildman–Crippen MR) is 56.8 cm³/mol. The number of nitrogens with zero attached hydrogens (tertiary/aromatic N) is 1. The van der Waals surface area contributed by atoms with E-state index in [4.69, 9.17) is 23.2 Å². The first-order valence-electron chi connectivity index (χ1n) is 4.21. The van der Waals surface area contributed by atoms with Crippen molar-refractivity contribution in [3.63, 3.8) is 0 Å². The van der Waals surface area contributed by atoms with Crippen LogP contribution in [0.25, 0.3) is 10.9 Å². The molecule has 84 valence electrons. The van der Waals surface area contributed by atoms with E-state index in [-0.39, 0.29) is 10.2 Å². The average molecular weight is 266 g/mol. The second-order valence-corrected chi connectivity index (χ2v) is 3.93. The molecule has 0 radical (unpaired) electrons. The minimum absolute atomic E-state index is 0.0777. The second-order valence-electron chi connectivity index (χ2n) is 3.17. The lowest BCUT2D eigenvalue weighted by Gasteiger charge is -2.07. The van der Waals surface area contributed by atoms with Gasteiger partial charge in [0, 0.05) is 5.39 Å². The van der Waals surface area contributed by atoms with Crippen molar-refractivity contribution in [2.24, 2.45) is 0 Å². The third kappa shape index (κ3) is 2.08. The van der Waals surface area contributed by atoms with E-state index >= 15 is 0 Å². The number of fused-ring (bicyclic) bond motifs is 1. The molecule has 0 atom stereocenters. The van der Waals surface area contributed by atoms with Gasteiger partial charge in [-0.25, -0.2) is 4.98 Å². The van der Waals surface area contributed by atoms with E-state index in [9.17, 15) is 13.2 Å². The Morgan fingerprint density at radius 1 is 1.06 bits per heavy atom. The Balaban J connectivity index is 2.67. The topological polar surface area (TPSA) is 12.9 Å². The Hall–Kier alpha value is -1.00. The normalized spacial score (nSPS) is 12.1. The SMILES string of the molecule is FC(F)(F)c1ccc2nc(Cl)c(Cl)cc2c1. The molecule has 0 amide bonds. The lowest BCUT2D eigenvalue weighted by Crippen LogP contribution is -2.04. The van der Waals surface area contributed by atoms with Crippen LogP contribution in [0.3, 0.4) is 0 Å². The molecule has 1 aromatic carbocycles. The molecule has 1 aromatic heterocycles. The Morgan fingerprint density at radius 2 is 1.75 bits per heavy atom. The zero-order valence-corrected chi connectivity index (χ0v) is 9.16. The second kappa shape index (κ2) is 3.79. The van der Waals surface area contributed by atoms with Gasteiger partial charge in [0.1, 0.15) is 5.15 Å². The molecule has 0 fully saturated rings. The number of benzene rings is 1. The van der Waals surface area contributed by atoms with Gasteiger partial charge in [0.05, 0.1) is 16.1 Å². The number of halogens is 5. The molecule has 2 rings (SSSR count). The lowest BCUT2D eigenvalue weighted by atomic mass is 10.1. The molecule has 0 unspecified atom stereocenters. The Kier molecular flexibility index (Phi) is 2.72. The summed E-state index contributed by atoms with van der Waals surface area (Å²) in [6, 6.07) is 4.58. The molecule has 0 aliphatic carbocycles. The molecule has 0 spiro atoms. The predicted octanol–water partition coefficient (Wildman–Crippen LogP) is 4.56. The molecule has 0 bridgehead atoms. The van der Waals surface area contributed by atoms with Crippen LogP contribution in [0.1, 0.15) is 5.56 Å². The number of alkyl halides is 3. The van der Waals surface area contributed by atoms with Gasteiger partial charge in [-0.3, -0.25) is 0 Å². The van der Waals surface area contributed by atoms with Crippen LogP contribution in [0.15, 0.2) is 24.3 Å². The molecule has 6 heteroatoms. The first-order chi connectivity index (χ1) is 7.38. The van der Waals surface area contributed by atoms with E-state index in [1.807, 2.05) is 0 Å². The van der Waals surface area contributed by atoms with Gasteiger partial charge in [-0.2, -0.15) is 13.2 Å². The summed E-state index contributed by atoms with van der Waals surface area (Å²) in [5.41, 5.74) is -0.359. The van der Waals surface area contributed by atoms with E-state index in [1.54, 1.807) is 0 Å². The highest BCUT2D eigenvalue weighted by atomic mass is 35.5. The van der Waals surface area contributed by atoms with Gasteiger partial charge in [0.25, 0.3) is 0 Å². The van der Waals surface area contributed by atoms with Crippen LogP contribution in [0.2, 0.25) is 10.2 Å². The first-order valence-corrected chi connectivity index (χ1v) is 4.96. The highest BCUT2D eigenvalue weighted by molar-refractivity contribution is 6.41. The molecule has 2 aromatic rings. The molecule has 1 heterocycles. The maximum atomic E-state index is 12.4. The summed E-state index contributed by atoms with van der Waals surface area (Å²) in [6.45, 7) is 0. The Labute approximate surface area is 98.8 Å². The zero-order valence-electron chi connectivity index (χ0n) is 7.65. The molecular formula is C10H4Cl2F3N. The van der Waals surface area contributed by atoms with Crippen molar-refractivity contribution < 1.29 is 13.2 Å². The van der Waals surface area contributed by atoms with E-state index in [2.05, 4.69) is 4.98 Å². The van der Waals surface area contributed by atoms with E-state index < -0.39 is 11.7 Å². The summed E-state index contributed by atoms with van der Waals surface area (Å²) in [7, 11) is 0. The fourth-order valence-corrected chi connectivity index (χ4v) is 1.61. The molecule has 0 N–H and O–H groups in total. The van der Waals surface area contributed by atoms with Gasteiger partial charge in [-0.15, -0.1) is 0 Å². The average Bonchev–Trinajstić information content (AvgIpc) is 2.17. The van der Waals surface area contributed by atoms with Crippen LogP contribution in [-0.4, -0.2) is 4.98 Å². The minimum Gasteiger partial charge on any atom is -0.235 e. The van der Waals surface area contributed by atoms with Crippen molar-refractivity contribution in [1.82, 2.24) is 4.98 Å². The molecule has 0 aliphatic heterocycles. The lowest BCUT2D eigenvalue weighted by molar-refractivity contribution is -0.137. The Bertz CT molecular complexity index is 551. The smallest absolute Gasteiger partial charge is 0.235 e. The van der Waals surface area contributed by atoms with Crippen molar-refractivity contribution in [3.05, 3.63) is 40.0 Å². The van der Waals surface area contributed by atoms with E-state index in [1.165, 1.54) is 12.1 Å². The fraction of sp³-hybridized carbons (Fsp3) is 0.100. The summed E-state index contributed by atoms with van der Waals surface area (Å²) in [5.74, 6) is 0. The number of hydrogen-bond acceptors (Lipinski definition) is 1. The summed E-state index contributed by atoms with van der Waals surface area (Å²) < 4.78 is 37.2. The highest BCUT2D eigenvalue weighted by Gasteiger charge is 2.30. The van der Waals surface area contributed by atoms with Crippen LogP contribution in [-0.2, 0) is 6.18 Å². The van der Waals surface area contributed by atoms with Gasteiger partial charge in [-0.1, -0.05) is 23.2 Å². The van der Waals surface area contributed by atoms with Gasteiger partial charge >= 0.3 is 6.18 Å². The van der Waals surface area contributed by atoms with Crippen molar-refractivity contribution in [2.75, 3.05) is 0 Å². The van der Waals surface area contributed by atoms with Crippen molar-refractivity contribution in [2.45, 2.75) is 6.18 Å².